The molecule has 2 rings (SSSR count). The van der Waals surface area contributed by atoms with E-state index >= 15 is 0 Å². The average molecular weight is 313 g/mol. The highest BCUT2D eigenvalue weighted by molar-refractivity contribution is 9.10. The number of nitrogen functional groups attached to an aromatic ring is 1. The Morgan fingerprint density at radius 2 is 1.82 bits per heavy atom. The number of ether oxygens (including phenoxy) is 1. The van der Waals surface area contributed by atoms with Crippen molar-refractivity contribution in [3.8, 4) is 5.75 Å². The predicted molar refractivity (Wildman–Crippen MR) is 74.3 cm³/mol. The summed E-state index contributed by atoms with van der Waals surface area (Å²) in [5, 5.41) is 0.701. The molecule has 2 N–H and O–H groups in total. The standard InChI is InChI=1S/C13H11BrClNO/c14-12-7-9(1-6-13(12)16)8-17-11-4-2-10(15)3-5-11/h1-7H,8,16H2. The van der Waals surface area contributed by atoms with Crippen molar-refractivity contribution in [3.63, 3.8) is 0 Å². The van der Waals surface area contributed by atoms with Gasteiger partial charge < -0.3 is 10.5 Å². The van der Waals surface area contributed by atoms with E-state index in [1.54, 1.807) is 12.1 Å². The van der Waals surface area contributed by atoms with Crippen LogP contribution in [0.2, 0.25) is 5.02 Å². The predicted octanol–water partition coefficient (Wildman–Crippen LogP) is 4.26. The summed E-state index contributed by atoms with van der Waals surface area (Å²) in [6.07, 6.45) is 0. The number of hydrogen-bond acceptors (Lipinski definition) is 2. The molecule has 0 aliphatic heterocycles. The fraction of sp³-hybridized carbons (Fsp3) is 0.0769. The Morgan fingerprint density at radius 3 is 2.47 bits per heavy atom. The third kappa shape index (κ3) is 3.38. The minimum Gasteiger partial charge on any atom is -0.489 e. The Morgan fingerprint density at radius 1 is 1.12 bits per heavy atom. The molecule has 0 heterocycles. The second-order valence-electron chi connectivity index (χ2n) is 3.60. The van der Waals surface area contributed by atoms with Crippen LogP contribution in [0.1, 0.15) is 5.56 Å². The molecule has 0 amide bonds. The number of rotatable bonds is 3. The van der Waals surface area contributed by atoms with Crippen molar-refractivity contribution < 1.29 is 4.74 Å². The first-order chi connectivity index (χ1) is 8.15. The van der Waals surface area contributed by atoms with Crippen LogP contribution in [0.3, 0.4) is 0 Å². The van der Waals surface area contributed by atoms with E-state index in [0.29, 0.717) is 11.6 Å². The molecule has 0 saturated carbocycles. The van der Waals surface area contributed by atoms with E-state index in [1.807, 2.05) is 30.3 Å². The summed E-state index contributed by atoms with van der Waals surface area (Å²) in [4.78, 5) is 0. The number of anilines is 1. The lowest BCUT2D eigenvalue weighted by Gasteiger charge is -2.07. The smallest absolute Gasteiger partial charge is 0.119 e. The maximum absolute atomic E-state index is 5.79. The largest absolute Gasteiger partial charge is 0.489 e. The lowest BCUT2D eigenvalue weighted by molar-refractivity contribution is 0.306. The van der Waals surface area contributed by atoms with Gasteiger partial charge in [0.15, 0.2) is 0 Å². The molecular weight excluding hydrogens is 302 g/mol. The lowest BCUT2D eigenvalue weighted by Crippen LogP contribution is -1.96. The molecule has 0 saturated heterocycles. The highest BCUT2D eigenvalue weighted by Crippen LogP contribution is 2.22. The first-order valence-corrected chi connectivity index (χ1v) is 6.24. The van der Waals surface area contributed by atoms with Crippen LogP contribution >= 0.6 is 27.5 Å². The summed E-state index contributed by atoms with van der Waals surface area (Å²) in [7, 11) is 0. The molecule has 2 nitrogen and oxygen atoms in total. The van der Waals surface area contributed by atoms with E-state index in [9.17, 15) is 0 Å². The SMILES string of the molecule is Nc1ccc(COc2ccc(Cl)cc2)cc1Br. The summed E-state index contributed by atoms with van der Waals surface area (Å²) < 4.78 is 6.51. The van der Waals surface area contributed by atoms with Crippen molar-refractivity contribution in [2.24, 2.45) is 0 Å². The van der Waals surface area contributed by atoms with E-state index in [1.165, 1.54) is 0 Å². The summed E-state index contributed by atoms with van der Waals surface area (Å²) in [6.45, 7) is 0.501. The van der Waals surface area contributed by atoms with Gasteiger partial charge in [-0.2, -0.15) is 0 Å². The summed E-state index contributed by atoms with van der Waals surface area (Å²) in [6, 6.07) is 13.0. The minimum absolute atomic E-state index is 0.501. The number of hydrogen-bond donors (Lipinski definition) is 1. The highest BCUT2D eigenvalue weighted by Gasteiger charge is 1.99. The van der Waals surface area contributed by atoms with E-state index < -0.39 is 0 Å². The van der Waals surface area contributed by atoms with Crippen molar-refractivity contribution in [3.05, 3.63) is 57.5 Å². The molecule has 2 aromatic carbocycles. The van der Waals surface area contributed by atoms with E-state index in [4.69, 9.17) is 22.1 Å². The van der Waals surface area contributed by atoms with Gasteiger partial charge in [-0.15, -0.1) is 0 Å². The van der Waals surface area contributed by atoms with Crippen molar-refractivity contribution >= 4 is 33.2 Å². The molecule has 88 valence electrons. The molecule has 17 heavy (non-hydrogen) atoms. The van der Waals surface area contributed by atoms with Gasteiger partial charge >= 0.3 is 0 Å². The van der Waals surface area contributed by atoms with Crippen LogP contribution in [0, 0.1) is 0 Å². The number of nitrogens with two attached hydrogens (primary N) is 1. The van der Waals surface area contributed by atoms with E-state index in [-0.39, 0.29) is 0 Å². The van der Waals surface area contributed by atoms with Crippen LogP contribution < -0.4 is 10.5 Å². The van der Waals surface area contributed by atoms with E-state index in [0.717, 1.165) is 21.5 Å². The normalized spacial score (nSPS) is 10.2. The van der Waals surface area contributed by atoms with Crippen LogP contribution in [-0.4, -0.2) is 0 Å². The van der Waals surface area contributed by atoms with Crippen LogP contribution in [-0.2, 0) is 6.61 Å². The highest BCUT2D eigenvalue weighted by atomic mass is 79.9. The monoisotopic (exact) mass is 311 g/mol. The molecule has 0 radical (unpaired) electrons. The average Bonchev–Trinajstić information content (AvgIpc) is 2.33. The first kappa shape index (κ1) is 12.3. The molecule has 4 heteroatoms. The zero-order chi connectivity index (χ0) is 12.3. The Kier molecular flexibility index (Phi) is 3.92. The maximum atomic E-state index is 5.79. The van der Waals surface area contributed by atoms with Crippen molar-refractivity contribution in [1.82, 2.24) is 0 Å². The van der Waals surface area contributed by atoms with Gasteiger partial charge in [0.2, 0.25) is 0 Å². The van der Waals surface area contributed by atoms with Crippen LogP contribution in [0.4, 0.5) is 5.69 Å². The van der Waals surface area contributed by atoms with Crippen molar-refractivity contribution in [1.29, 1.82) is 0 Å². The summed E-state index contributed by atoms with van der Waals surface area (Å²) in [5.41, 5.74) is 7.49. The Labute approximate surface area is 113 Å². The van der Waals surface area contributed by atoms with E-state index in [2.05, 4.69) is 15.9 Å². The molecule has 0 spiro atoms. The Balaban J connectivity index is 2.02. The first-order valence-electron chi connectivity index (χ1n) is 5.07. The fourth-order valence-electron chi connectivity index (χ4n) is 1.36. The van der Waals surface area contributed by atoms with Gasteiger partial charge in [-0.3, -0.25) is 0 Å². The lowest BCUT2D eigenvalue weighted by atomic mass is 10.2. The van der Waals surface area contributed by atoms with Crippen LogP contribution in [0.25, 0.3) is 0 Å². The fourth-order valence-corrected chi connectivity index (χ4v) is 1.91. The van der Waals surface area contributed by atoms with Crippen molar-refractivity contribution in [2.45, 2.75) is 6.61 Å². The summed E-state index contributed by atoms with van der Waals surface area (Å²) >= 11 is 9.18. The van der Waals surface area contributed by atoms with Gasteiger partial charge in [-0.25, -0.2) is 0 Å². The van der Waals surface area contributed by atoms with Gasteiger partial charge in [-0.1, -0.05) is 17.7 Å². The van der Waals surface area contributed by atoms with Crippen LogP contribution in [0.15, 0.2) is 46.9 Å². The molecule has 0 aliphatic rings. The second kappa shape index (κ2) is 5.43. The third-order valence-corrected chi connectivity index (χ3v) is 3.22. The molecular formula is C13H11BrClNO. The van der Waals surface area contributed by atoms with Crippen molar-refractivity contribution in [2.75, 3.05) is 5.73 Å². The van der Waals surface area contributed by atoms with Crippen LogP contribution in [0.5, 0.6) is 5.75 Å². The zero-order valence-electron chi connectivity index (χ0n) is 8.99. The zero-order valence-corrected chi connectivity index (χ0v) is 11.3. The second-order valence-corrected chi connectivity index (χ2v) is 4.89. The van der Waals surface area contributed by atoms with Gasteiger partial charge in [-0.05, 0) is 57.9 Å². The Hall–Kier alpha value is -1.19. The molecule has 0 fully saturated rings. The quantitative estimate of drug-likeness (QED) is 0.859. The summed E-state index contributed by atoms with van der Waals surface area (Å²) in [5.74, 6) is 0.794. The van der Waals surface area contributed by atoms with Gasteiger partial charge in [0.05, 0.1) is 0 Å². The molecule has 0 unspecified atom stereocenters. The van der Waals surface area contributed by atoms with Gasteiger partial charge in [0.25, 0.3) is 0 Å². The third-order valence-electron chi connectivity index (χ3n) is 2.28. The molecule has 2 aromatic rings. The maximum Gasteiger partial charge on any atom is 0.119 e. The molecule has 0 aliphatic carbocycles. The topological polar surface area (TPSA) is 35.2 Å². The molecule has 0 atom stereocenters. The number of benzene rings is 2. The molecule has 0 bridgehead atoms. The molecule has 0 aromatic heterocycles. The van der Waals surface area contributed by atoms with Gasteiger partial charge in [0, 0.05) is 15.2 Å². The Bertz CT molecular complexity index is 513. The number of halogens is 2. The van der Waals surface area contributed by atoms with Gasteiger partial charge in [0.1, 0.15) is 12.4 Å². The minimum atomic E-state index is 0.501.